The first-order chi connectivity index (χ1) is 9.24. The molecule has 0 radical (unpaired) electrons. The molecule has 4 heteroatoms. The van der Waals surface area contributed by atoms with Crippen LogP contribution < -0.4 is 10.6 Å². The quantitative estimate of drug-likeness (QED) is 0.892. The Morgan fingerprint density at radius 1 is 1.47 bits per heavy atom. The van der Waals surface area contributed by atoms with Crippen LogP contribution in [0.5, 0.6) is 0 Å². The smallest absolute Gasteiger partial charge is 0.237 e. The van der Waals surface area contributed by atoms with Gasteiger partial charge < -0.3 is 10.6 Å². The van der Waals surface area contributed by atoms with Gasteiger partial charge in [-0.25, -0.2) is 0 Å². The second-order valence-electron chi connectivity index (χ2n) is 5.85. The van der Waals surface area contributed by atoms with Gasteiger partial charge in [0, 0.05) is 10.9 Å². The van der Waals surface area contributed by atoms with E-state index >= 15 is 0 Å². The van der Waals surface area contributed by atoms with Gasteiger partial charge in [0.1, 0.15) is 0 Å². The summed E-state index contributed by atoms with van der Waals surface area (Å²) in [5.74, 6) is 0.912. The molecule has 0 aromatic carbocycles. The van der Waals surface area contributed by atoms with Crippen LogP contribution in [-0.2, 0) is 11.3 Å². The van der Waals surface area contributed by atoms with Crippen molar-refractivity contribution in [1.82, 2.24) is 10.6 Å². The Morgan fingerprint density at radius 2 is 2.32 bits per heavy atom. The SMILES string of the molecule is Cc1ccsc1CNC(=O)C1CC2CCCCC2N1. The first-order valence-corrected chi connectivity index (χ1v) is 8.19. The topological polar surface area (TPSA) is 41.1 Å². The minimum Gasteiger partial charge on any atom is -0.350 e. The van der Waals surface area contributed by atoms with Gasteiger partial charge in [-0.3, -0.25) is 4.79 Å². The van der Waals surface area contributed by atoms with E-state index in [0.717, 1.165) is 12.3 Å². The zero-order valence-electron chi connectivity index (χ0n) is 11.4. The number of hydrogen-bond donors (Lipinski definition) is 2. The minimum absolute atomic E-state index is 0.0355. The summed E-state index contributed by atoms with van der Waals surface area (Å²) in [5, 5.41) is 8.70. The fourth-order valence-corrected chi connectivity index (χ4v) is 4.24. The summed E-state index contributed by atoms with van der Waals surface area (Å²) in [6.45, 7) is 2.77. The zero-order chi connectivity index (χ0) is 13.2. The number of carbonyl (C=O) groups is 1. The monoisotopic (exact) mass is 278 g/mol. The van der Waals surface area contributed by atoms with E-state index in [2.05, 4.69) is 29.0 Å². The molecule has 2 N–H and O–H groups in total. The maximum atomic E-state index is 12.2. The van der Waals surface area contributed by atoms with Crippen LogP contribution in [-0.4, -0.2) is 18.0 Å². The van der Waals surface area contributed by atoms with Gasteiger partial charge in [0.2, 0.25) is 5.91 Å². The fraction of sp³-hybridized carbons (Fsp3) is 0.667. The highest BCUT2D eigenvalue weighted by molar-refractivity contribution is 7.10. The van der Waals surface area contributed by atoms with Crippen molar-refractivity contribution >= 4 is 17.2 Å². The van der Waals surface area contributed by atoms with Gasteiger partial charge in [-0.2, -0.15) is 0 Å². The van der Waals surface area contributed by atoms with E-state index in [1.807, 2.05) is 0 Å². The van der Waals surface area contributed by atoms with E-state index in [9.17, 15) is 4.79 Å². The van der Waals surface area contributed by atoms with Crippen molar-refractivity contribution in [3.05, 3.63) is 21.9 Å². The number of amides is 1. The molecular weight excluding hydrogens is 256 g/mol. The van der Waals surface area contributed by atoms with E-state index in [1.165, 1.54) is 36.1 Å². The predicted molar refractivity (Wildman–Crippen MR) is 78.2 cm³/mol. The van der Waals surface area contributed by atoms with Crippen molar-refractivity contribution in [3.8, 4) is 0 Å². The van der Waals surface area contributed by atoms with Gasteiger partial charge >= 0.3 is 0 Å². The third-order valence-electron chi connectivity index (χ3n) is 4.57. The van der Waals surface area contributed by atoms with E-state index in [1.54, 1.807) is 11.3 Å². The highest BCUT2D eigenvalue weighted by Crippen LogP contribution is 2.33. The molecule has 2 aliphatic rings. The summed E-state index contributed by atoms with van der Waals surface area (Å²) in [5.41, 5.74) is 1.28. The molecule has 1 aliphatic carbocycles. The van der Waals surface area contributed by atoms with Gasteiger partial charge in [-0.15, -0.1) is 11.3 Å². The van der Waals surface area contributed by atoms with Crippen LogP contribution in [0.15, 0.2) is 11.4 Å². The van der Waals surface area contributed by atoms with Crippen LogP contribution >= 0.6 is 11.3 Å². The summed E-state index contributed by atoms with van der Waals surface area (Å²) in [6.07, 6.45) is 6.23. The average Bonchev–Trinajstić information content (AvgIpc) is 3.01. The second kappa shape index (κ2) is 5.63. The minimum atomic E-state index is 0.0355. The molecule has 3 atom stereocenters. The molecule has 1 amide bonds. The highest BCUT2D eigenvalue weighted by Gasteiger charge is 2.37. The third kappa shape index (κ3) is 2.84. The van der Waals surface area contributed by atoms with Crippen LogP contribution in [0.2, 0.25) is 0 Å². The molecule has 1 aromatic heterocycles. The second-order valence-corrected chi connectivity index (χ2v) is 6.85. The molecule has 104 valence electrons. The van der Waals surface area contributed by atoms with Gasteiger partial charge in [0.25, 0.3) is 0 Å². The lowest BCUT2D eigenvalue weighted by Crippen LogP contribution is -2.42. The summed E-state index contributed by atoms with van der Waals surface area (Å²) in [7, 11) is 0. The van der Waals surface area contributed by atoms with E-state index in [0.29, 0.717) is 12.6 Å². The molecule has 3 rings (SSSR count). The molecule has 2 heterocycles. The Hall–Kier alpha value is -0.870. The molecule has 0 bridgehead atoms. The molecule has 1 aliphatic heterocycles. The maximum Gasteiger partial charge on any atom is 0.237 e. The molecule has 19 heavy (non-hydrogen) atoms. The highest BCUT2D eigenvalue weighted by atomic mass is 32.1. The summed E-state index contributed by atoms with van der Waals surface area (Å²) in [6, 6.07) is 2.73. The molecule has 1 saturated carbocycles. The van der Waals surface area contributed by atoms with Crippen molar-refractivity contribution in [2.45, 2.75) is 57.7 Å². The Balaban J connectivity index is 1.52. The van der Waals surface area contributed by atoms with E-state index < -0.39 is 0 Å². The van der Waals surface area contributed by atoms with Crippen molar-refractivity contribution < 1.29 is 4.79 Å². The van der Waals surface area contributed by atoms with E-state index in [-0.39, 0.29) is 11.9 Å². The third-order valence-corrected chi connectivity index (χ3v) is 5.59. The number of rotatable bonds is 3. The lowest BCUT2D eigenvalue weighted by molar-refractivity contribution is -0.123. The Bertz CT molecular complexity index is 443. The lowest BCUT2D eigenvalue weighted by Gasteiger charge is -2.24. The Kier molecular flexibility index (Phi) is 3.89. The number of aryl methyl sites for hydroxylation is 1. The summed E-state index contributed by atoms with van der Waals surface area (Å²) >= 11 is 1.72. The first-order valence-electron chi connectivity index (χ1n) is 7.31. The van der Waals surface area contributed by atoms with Crippen LogP contribution in [0.3, 0.4) is 0 Å². The molecule has 1 aromatic rings. The molecule has 0 spiro atoms. The van der Waals surface area contributed by atoms with Gasteiger partial charge in [-0.1, -0.05) is 12.8 Å². The van der Waals surface area contributed by atoms with Crippen LogP contribution in [0.25, 0.3) is 0 Å². The van der Waals surface area contributed by atoms with Crippen molar-refractivity contribution in [1.29, 1.82) is 0 Å². The number of carbonyl (C=O) groups excluding carboxylic acids is 1. The number of thiophene rings is 1. The standard InChI is InChI=1S/C15H22N2OS/c1-10-6-7-19-14(10)9-16-15(18)13-8-11-4-2-3-5-12(11)17-13/h6-7,11-13,17H,2-5,8-9H2,1H3,(H,16,18). The fourth-order valence-electron chi connectivity index (χ4n) is 3.40. The number of nitrogens with one attached hydrogen (secondary N) is 2. The van der Waals surface area contributed by atoms with Gasteiger partial charge in [0.15, 0.2) is 0 Å². The maximum absolute atomic E-state index is 12.2. The van der Waals surface area contributed by atoms with E-state index in [4.69, 9.17) is 0 Å². The number of hydrogen-bond acceptors (Lipinski definition) is 3. The molecule has 3 nitrogen and oxygen atoms in total. The Morgan fingerprint density at radius 3 is 3.05 bits per heavy atom. The van der Waals surface area contributed by atoms with Crippen LogP contribution in [0, 0.1) is 12.8 Å². The van der Waals surface area contributed by atoms with Crippen LogP contribution in [0.4, 0.5) is 0 Å². The molecule has 2 fully saturated rings. The summed E-state index contributed by atoms with van der Waals surface area (Å²) in [4.78, 5) is 13.5. The Labute approximate surface area is 118 Å². The van der Waals surface area contributed by atoms with Gasteiger partial charge in [0.05, 0.1) is 12.6 Å². The molecular formula is C15H22N2OS. The lowest BCUT2D eigenvalue weighted by atomic mass is 9.85. The molecule has 3 unspecified atom stereocenters. The van der Waals surface area contributed by atoms with Crippen molar-refractivity contribution in [2.75, 3.05) is 0 Å². The normalized spacial score (nSPS) is 30.1. The van der Waals surface area contributed by atoms with Crippen LogP contribution in [0.1, 0.15) is 42.5 Å². The largest absolute Gasteiger partial charge is 0.350 e. The number of fused-ring (bicyclic) bond motifs is 1. The first kappa shape index (κ1) is 13.1. The van der Waals surface area contributed by atoms with Gasteiger partial charge in [-0.05, 0) is 49.1 Å². The predicted octanol–water partition coefficient (Wildman–Crippen LogP) is 2.59. The summed E-state index contributed by atoms with van der Waals surface area (Å²) < 4.78 is 0. The molecule has 1 saturated heterocycles. The van der Waals surface area contributed by atoms with Crippen molar-refractivity contribution in [3.63, 3.8) is 0 Å². The zero-order valence-corrected chi connectivity index (χ0v) is 12.3. The van der Waals surface area contributed by atoms with Crippen molar-refractivity contribution in [2.24, 2.45) is 5.92 Å². The average molecular weight is 278 g/mol.